The predicted molar refractivity (Wildman–Crippen MR) is 116 cm³/mol. The maximum absolute atomic E-state index is 12.9. The first-order chi connectivity index (χ1) is 14.5. The number of aromatic nitrogens is 1. The van der Waals surface area contributed by atoms with Gasteiger partial charge in [-0.3, -0.25) is 14.6 Å². The number of carbonyl (C=O) groups excluding carboxylic acids is 2. The van der Waals surface area contributed by atoms with Gasteiger partial charge in [0.2, 0.25) is 0 Å². The van der Waals surface area contributed by atoms with E-state index in [0.29, 0.717) is 17.8 Å². The van der Waals surface area contributed by atoms with Gasteiger partial charge >= 0.3 is 0 Å². The number of quaternary nitrogens is 1. The maximum Gasteiger partial charge on any atom is 0.295 e. The Morgan fingerprint density at radius 3 is 2.40 bits per heavy atom. The molecule has 1 amide bonds. The van der Waals surface area contributed by atoms with Crippen molar-refractivity contribution < 1.29 is 19.6 Å². The Labute approximate surface area is 177 Å². The van der Waals surface area contributed by atoms with E-state index in [1.54, 1.807) is 35.4 Å². The molecule has 2 aromatic rings. The van der Waals surface area contributed by atoms with Gasteiger partial charge in [0.1, 0.15) is 11.8 Å². The average Bonchev–Trinajstić information content (AvgIpc) is 3.02. The van der Waals surface area contributed by atoms with Crippen LogP contribution in [0.3, 0.4) is 0 Å². The summed E-state index contributed by atoms with van der Waals surface area (Å²) in [6, 6.07) is 12.0. The second-order valence-electron chi connectivity index (χ2n) is 7.67. The van der Waals surface area contributed by atoms with Crippen LogP contribution in [0.1, 0.15) is 43.1 Å². The standard InChI is InChI=1S/C24H29N3O3/c1-4-26(5-2)15-8-16-27-21(19-9-6-7-14-25-19)20(23(29)24(27)30)22(28)18-12-10-17(3)11-13-18/h6-7,9-14,21,28H,4-5,8,15-16H2,1-3H3/p+1/b22-20-/t21-/m1/s1. The van der Waals surface area contributed by atoms with E-state index in [4.69, 9.17) is 0 Å². The zero-order valence-corrected chi connectivity index (χ0v) is 17.9. The van der Waals surface area contributed by atoms with Crippen molar-refractivity contribution in [1.82, 2.24) is 9.88 Å². The summed E-state index contributed by atoms with van der Waals surface area (Å²) in [6.45, 7) is 9.64. The van der Waals surface area contributed by atoms with Crippen LogP contribution in [0.15, 0.2) is 54.2 Å². The van der Waals surface area contributed by atoms with Gasteiger partial charge in [0.15, 0.2) is 0 Å². The summed E-state index contributed by atoms with van der Waals surface area (Å²) in [7, 11) is 0. The van der Waals surface area contributed by atoms with Crippen molar-refractivity contribution in [2.75, 3.05) is 26.2 Å². The number of hydrogen-bond donors (Lipinski definition) is 2. The number of nitrogens with one attached hydrogen (secondary N) is 1. The van der Waals surface area contributed by atoms with E-state index < -0.39 is 17.7 Å². The lowest BCUT2D eigenvalue weighted by molar-refractivity contribution is -0.896. The molecule has 1 fully saturated rings. The maximum atomic E-state index is 12.9. The Balaban J connectivity index is 1.99. The molecule has 1 aliphatic rings. The Bertz CT molecular complexity index is 918. The fraction of sp³-hybridized carbons (Fsp3) is 0.375. The van der Waals surface area contributed by atoms with Crippen LogP contribution in [0.4, 0.5) is 0 Å². The number of hydrogen-bond acceptors (Lipinski definition) is 4. The van der Waals surface area contributed by atoms with E-state index in [0.717, 1.165) is 31.6 Å². The molecule has 0 radical (unpaired) electrons. The topological polar surface area (TPSA) is 74.9 Å². The van der Waals surface area contributed by atoms with E-state index in [2.05, 4.69) is 18.8 Å². The number of benzene rings is 1. The average molecular weight is 409 g/mol. The number of carbonyl (C=O) groups is 2. The van der Waals surface area contributed by atoms with E-state index >= 15 is 0 Å². The molecule has 0 spiro atoms. The highest BCUT2D eigenvalue weighted by Crippen LogP contribution is 2.38. The molecule has 0 unspecified atom stereocenters. The minimum Gasteiger partial charge on any atom is -0.507 e. The predicted octanol–water partition coefficient (Wildman–Crippen LogP) is 2.13. The second-order valence-corrected chi connectivity index (χ2v) is 7.67. The molecular weight excluding hydrogens is 378 g/mol. The highest BCUT2D eigenvalue weighted by Gasteiger charge is 2.46. The summed E-state index contributed by atoms with van der Waals surface area (Å²) in [4.78, 5) is 33.3. The van der Waals surface area contributed by atoms with Crippen LogP contribution in [-0.2, 0) is 9.59 Å². The normalized spacial score (nSPS) is 18.4. The van der Waals surface area contributed by atoms with Crippen LogP contribution in [0.25, 0.3) is 5.76 Å². The Kier molecular flexibility index (Phi) is 7.00. The third kappa shape index (κ3) is 4.44. The number of pyridine rings is 1. The van der Waals surface area contributed by atoms with Gasteiger partial charge in [-0.15, -0.1) is 0 Å². The van der Waals surface area contributed by atoms with Gasteiger partial charge < -0.3 is 14.9 Å². The Hall–Kier alpha value is -2.99. The minimum absolute atomic E-state index is 0.109. The lowest BCUT2D eigenvalue weighted by Crippen LogP contribution is -3.11. The fourth-order valence-electron chi connectivity index (χ4n) is 3.93. The van der Waals surface area contributed by atoms with E-state index in [1.807, 2.05) is 25.1 Å². The van der Waals surface area contributed by atoms with Crippen molar-refractivity contribution in [3.05, 3.63) is 71.1 Å². The van der Waals surface area contributed by atoms with Gasteiger partial charge in [-0.05, 0) is 32.9 Å². The first kappa shape index (κ1) is 21.7. The largest absolute Gasteiger partial charge is 0.507 e. The third-order valence-corrected chi connectivity index (χ3v) is 5.76. The van der Waals surface area contributed by atoms with E-state index in [-0.39, 0.29) is 11.3 Å². The summed E-state index contributed by atoms with van der Waals surface area (Å²) in [6.07, 6.45) is 2.42. The van der Waals surface area contributed by atoms with E-state index in [1.165, 1.54) is 4.90 Å². The highest BCUT2D eigenvalue weighted by atomic mass is 16.3. The van der Waals surface area contributed by atoms with Crippen LogP contribution in [-0.4, -0.2) is 52.9 Å². The first-order valence-electron chi connectivity index (χ1n) is 10.6. The van der Waals surface area contributed by atoms with Gasteiger partial charge in [-0.1, -0.05) is 35.9 Å². The van der Waals surface area contributed by atoms with Crippen molar-refractivity contribution >= 4 is 17.4 Å². The number of amides is 1. The molecule has 158 valence electrons. The monoisotopic (exact) mass is 408 g/mol. The number of Topliss-reactive ketones (excluding diaryl/α,β-unsaturated/α-hetero) is 1. The lowest BCUT2D eigenvalue weighted by Gasteiger charge is -2.25. The van der Waals surface area contributed by atoms with Crippen LogP contribution in [0, 0.1) is 6.92 Å². The zero-order chi connectivity index (χ0) is 21.7. The van der Waals surface area contributed by atoms with Gasteiger partial charge in [-0.2, -0.15) is 0 Å². The molecule has 30 heavy (non-hydrogen) atoms. The van der Waals surface area contributed by atoms with Gasteiger partial charge in [0.05, 0.1) is 30.9 Å². The molecule has 6 heteroatoms. The summed E-state index contributed by atoms with van der Waals surface area (Å²) in [5.74, 6) is -1.38. The Morgan fingerprint density at radius 2 is 1.80 bits per heavy atom. The molecule has 1 aliphatic heterocycles. The Morgan fingerprint density at radius 1 is 1.10 bits per heavy atom. The molecule has 0 bridgehead atoms. The molecule has 2 N–H and O–H groups in total. The molecule has 6 nitrogen and oxygen atoms in total. The number of nitrogens with zero attached hydrogens (tertiary/aromatic N) is 2. The first-order valence-corrected chi connectivity index (χ1v) is 10.6. The van der Waals surface area contributed by atoms with Crippen LogP contribution in [0.5, 0.6) is 0 Å². The van der Waals surface area contributed by atoms with Crippen molar-refractivity contribution in [3.63, 3.8) is 0 Å². The van der Waals surface area contributed by atoms with Gasteiger partial charge in [0, 0.05) is 24.7 Å². The van der Waals surface area contributed by atoms with Crippen LogP contribution in [0.2, 0.25) is 0 Å². The number of aliphatic hydroxyl groups is 1. The summed E-state index contributed by atoms with van der Waals surface area (Å²) >= 11 is 0. The summed E-state index contributed by atoms with van der Waals surface area (Å²) in [5, 5.41) is 11.0. The van der Waals surface area contributed by atoms with Gasteiger partial charge in [-0.25, -0.2) is 0 Å². The molecule has 1 atom stereocenters. The third-order valence-electron chi connectivity index (χ3n) is 5.76. The highest BCUT2D eigenvalue weighted by molar-refractivity contribution is 6.46. The minimum atomic E-state index is -0.681. The molecule has 1 saturated heterocycles. The van der Waals surface area contributed by atoms with Crippen molar-refractivity contribution in [3.8, 4) is 0 Å². The zero-order valence-electron chi connectivity index (χ0n) is 17.9. The molecule has 2 heterocycles. The number of likely N-dealkylation sites (tertiary alicyclic amines) is 1. The fourth-order valence-corrected chi connectivity index (χ4v) is 3.93. The molecule has 3 rings (SSSR count). The van der Waals surface area contributed by atoms with E-state index in [9.17, 15) is 14.7 Å². The molecule has 1 aromatic heterocycles. The summed E-state index contributed by atoms with van der Waals surface area (Å²) < 4.78 is 0. The smallest absolute Gasteiger partial charge is 0.295 e. The molecule has 1 aromatic carbocycles. The SMILES string of the molecule is CC[NH+](CC)CCCN1C(=O)C(=O)/C(=C(\O)c2ccc(C)cc2)[C@H]1c1ccccn1. The number of aryl methyl sites for hydroxylation is 1. The van der Waals surface area contributed by atoms with Gasteiger partial charge in [0.25, 0.3) is 11.7 Å². The second kappa shape index (κ2) is 9.67. The lowest BCUT2D eigenvalue weighted by atomic mass is 9.98. The van der Waals surface area contributed by atoms with Crippen LogP contribution < -0.4 is 4.90 Å². The quantitative estimate of drug-likeness (QED) is 0.399. The number of aliphatic hydroxyl groups excluding tert-OH is 1. The van der Waals surface area contributed by atoms with Crippen molar-refractivity contribution in [2.45, 2.75) is 33.2 Å². The molecule has 0 aliphatic carbocycles. The molecule has 0 saturated carbocycles. The number of rotatable bonds is 8. The number of ketones is 1. The van der Waals surface area contributed by atoms with Crippen molar-refractivity contribution in [1.29, 1.82) is 0 Å². The van der Waals surface area contributed by atoms with Crippen LogP contribution >= 0.6 is 0 Å². The van der Waals surface area contributed by atoms with Crippen molar-refractivity contribution in [2.24, 2.45) is 0 Å². The summed E-state index contributed by atoms with van der Waals surface area (Å²) in [5.41, 5.74) is 2.26. The molecular formula is C24H30N3O3+.